The second kappa shape index (κ2) is 4.64. The van der Waals surface area contributed by atoms with Crippen molar-refractivity contribution >= 4 is 39.0 Å². The predicted octanol–water partition coefficient (Wildman–Crippen LogP) is 3.75. The van der Waals surface area contributed by atoms with Crippen molar-refractivity contribution in [1.29, 1.82) is 0 Å². The summed E-state index contributed by atoms with van der Waals surface area (Å²) in [6, 6.07) is 17.1. The third-order valence-corrected chi connectivity index (χ3v) is 4.37. The summed E-state index contributed by atoms with van der Waals surface area (Å²) in [7, 11) is 0. The van der Waals surface area contributed by atoms with Crippen LogP contribution in [0, 0.1) is 0 Å². The van der Waals surface area contributed by atoms with Crippen molar-refractivity contribution in [3.8, 4) is 5.69 Å². The number of nitrogens with zero attached hydrogens (tertiary/aromatic N) is 1. The predicted molar refractivity (Wildman–Crippen MR) is 88.4 cm³/mol. The van der Waals surface area contributed by atoms with Crippen LogP contribution in [-0.2, 0) is 0 Å². The Kier molecular flexibility index (Phi) is 2.78. The molecule has 0 spiro atoms. The van der Waals surface area contributed by atoms with E-state index in [1.807, 2.05) is 0 Å². The highest BCUT2D eigenvalue weighted by Crippen LogP contribution is 2.20. The van der Waals surface area contributed by atoms with Crippen LogP contribution in [0.4, 0.5) is 0 Å². The summed E-state index contributed by atoms with van der Waals surface area (Å²) in [6.45, 7) is 0. The van der Waals surface area contributed by atoms with E-state index in [-0.39, 0.29) is 0 Å². The molecule has 1 aliphatic rings. The Bertz CT molecular complexity index is 904. The zero-order valence-electron chi connectivity index (χ0n) is 11.0. The van der Waals surface area contributed by atoms with E-state index in [0.717, 1.165) is 17.3 Å². The van der Waals surface area contributed by atoms with Crippen LogP contribution in [-0.4, -0.2) is 4.57 Å². The van der Waals surface area contributed by atoms with Gasteiger partial charge in [0, 0.05) is 26.1 Å². The molecule has 2 aromatic carbocycles. The molecule has 0 aliphatic heterocycles. The fourth-order valence-electron chi connectivity index (χ4n) is 3.03. The first-order valence-electron chi connectivity index (χ1n) is 6.90. The number of benzene rings is 2. The average molecular weight is 324 g/mol. The molecule has 0 amide bonds. The lowest BCUT2D eigenvalue weighted by Gasteiger charge is -2.07. The molecule has 4 rings (SSSR count). The van der Waals surface area contributed by atoms with Crippen molar-refractivity contribution in [3.05, 3.63) is 63.6 Å². The van der Waals surface area contributed by atoms with Gasteiger partial charge in [0.15, 0.2) is 0 Å². The molecule has 1 aromatic heterocycles. The number of halogens is 1. The minimum atomic E-state index is 1.12. The van der Waals surface area contributed by atoms with Gasteiger partial charge in [-0.25, -0.2) is 0 Å². The lowest BCUT2D eigenvalue weighted by Crippen LogP contribution is -2.30. The minimum absolute atomic E-state index is 1.12. The molecule has 0 atom stereocenters. The molecule has 0 saturated carbocycles. The molecular weight excluding hydrogens is 310 g/mol. The summed E-state index contributed by atoms with van der Waals surface area (Å²) in [5, 5.41) is 4.03. The van der Waals surface area contributed by atoms with Gasteiger partial charge < -0.3 is 4.57 Å². The number of hydrogen-bond acceptors (Lipinski definition) is 0. The Morgan fingerprint density at radius 3 is 2.55 bits per heavy atom. The molecule has 0 saturated heterocycles. The van der Waals surface area contributed by atoms with Gasteiger partial charge >= 0.3 is 0 Å². The van der Waals surface area contributed by atoms with Gasteiger partial charge in [-0.05, 0) is 43.2 Å². The molecule has 1 heterocycles. The summed E-state index contributed by atoms with van der Waals surface area (Å²) in [6.07, 6.45) is 6.98. The highest BCUT2D eigenvalue weighted by Gasteiger charge is 2.10. The van der Waals surface area contributed by atoms with Gasteiger partial charge in [0.1, 0.15) is 0 Å². The van der Waals surface area contributed by atoms with Gasteiger partial charge in [0.2, 0.25) is 0 Å². The van der Waals surface area contributed by atoms with Gasteiger partial charge in [0.05, 0.1) is 5.52 Å². The summed E-state index contributed by atoms with van der Waals surface area (Å²) >= 11 is 3.59. The monoisotopic (exact) mass is 323 g/mol. The van der Waals surface area contributed by atoms with Crippen LogP contribution in [0.1, 0.15) is 12.8 Å². The van der Waals surface area contributed by atoms with Gasteiger partial charge in [-0.3, -0.25) is 0 Å². The smallest absolute Gasteiger partial charge is 0.0541 e. The molecule has 20 heavy (non-hydrogen) atoms. The first-order chi connectivity index (χ1) is 9.84. The maximum Gasteiger partial charge on any atom is 0.0541 e. The van der Waals surface area contributed by atoms with E-state index in [1.54, 1.807) is 0 Å². The molecule has 3 aromatic rings. The van der Waals surface area contributed by atoms with Gasteiger partial charge in [-0.1, -0.05) is 46.3 Å². The van der Waals surface area contributed by atoms with Crippen molar-refractivity contribution in [3.63, 3.8) is 0 Å². The Labute approximate surface area is 126 Å². The van der Waals surface area contributed by atoms with E-state index in [1.165, 1.54) is 27.2 Å². The van der Waals surface area contributed by atoms with Crippen LogP contribution >= 0.6 is 15.9 Å². The van der Waals surface area contributed by atoms with E-state index in [4.69, 9.17) is 0 Å². The molecule has 1 nitrogen and oxygen atoms in total. The van der Waals surface area contributed by atoms with Gasteiger partial charge in [-0.2, -0.15) is 0 Å². The SMILES string of the molecule is Brc1ccc2c(c1)c1c(n2-c2ccccc2)=CCCC=1. The second-order valence-corrected chi connectivity index (χ2v) is 6.03. The number of rotatable bonds is 1. The first kappa shape index (κ1) is 12.0. The fraction of sp³-hybridized carbons (Fsp3) is 0.111. The Hall–Kier alpha value is -1.80. The summed E-state index contributed by atoms with van der Waals surface area (Å²) in [5.74, 6) is 0. The number of aromatic nitrogens is 1. The van der Waals surface area contributed by atoms with Crippen LogP contribution in [0.25, 0.3) is 28.7 Å². The van der Waals surface area contributed by atoms with Crippen molar-refractivity contribution in [2.45, 2.75) is 12.8 Å². The van der Waals surface area contributed by atoms with Crippen LogP contribution in [0.15, 0.2) is 53.0 Å². The molecule has 1 aliphatic carbocycles. The molecule has 0 fully saturated rings. The number of fused-ring (bicyclic) bond motifs is 3. The van der Waals surface area contributed by atoms with E-state index < -0.39 is 0 Å². The maximum absolute atomic E-state index is 3.59. The number of hydrogen-bond donors (Lipinski definition) is 0. The van der Waals surface area contributed by atoms with E-state index in [9.17, 15) is 0 Å². The second-order valence-electron chi connectivity index (χ2n) is 5.12. The fourth-order valence-corrected chi connectivity index (χ4v) is 3.39. The zero-order valence-corrected chi connectivity index (χ0v) is 12.6. The maximum atomic E-state index is 3.59. The van der Waals surface area contributed by atoms with Crippen molar-refractivity contribution in [2.75, 3.05) is 0 Å². The van der Waals surface area contributed by atoms with Crippen LogP contribution in [0.3, 0.4) is 0 Å². The van der Waals surface area contributed by atoms with Gasteiger partial charge in [0.25, 0.3) is 0 Å². The van der Waals surface area contributed by atoms with E-state index in [2.05, 4.69) is 81.2 Å². The molecule has 98 valence electrons. The Balaban J connectivity index is 2.22. The van der Waals surface area contributed by atoms with Crippen LogP contribution in [0.5, 0.6) is 0 Å². The first-order valence-corrected chi connectivity index (χ1v) is 7.70. The summed E-state index contributed by atoms with van der Waals surface area (Å²) in [5.41, 5.74) is 2.51. The average Bonchev–Trinajstić information content (AvgIpc) is 2.82. The van der Waals surface area contributed by atoms with Crippen LogP contribution in [0.2, 0.25) is 0 Å². The molecule has 0 N–H and O–H groups in total. The molecular formula is C18H14BrN. The quantitative estimate of drug-likeness (QED) is 0.642. The molecule has 0 bridgehead atoms. The zero-order chi connectivity index (χ0) is 13.5. The van der Waals surface area contributed by atoms with E-state index >= 15 is 0 Å². The topological polar surface area (TPSA) is 4.93 Å². The van der Waals surface area contributed by atoms with Crippen molar-refractivity contribution in [1.82, 2.24) is 4.57 Å². The molecule has 0 radical (unpaired) electrons. The lowest BCUT2D eigenvalue weighted by atomic mass is 10.1. The third-order valence-electron chi connectivity index (χ3n) is 3.87. The normalized spacial score (nSPS) is 13.7. The molecule has 2 heteroatoms. The van der Waals surface area contributed by atoms with Crippen LogP contribution < -0.4 is 10.6 Å². The third kappa shape index (κ3) is 1.75. The van der Waals surface area contributed by atoms with Crippen molar-refractivity contribution in [2.24, 2.45) is 0 Å². The largest absolute Gasteiger partial charge is 0.310 e. The molecule has 0 unspecified atom stereocenters. The summed E-state index contributed by atoms with van der Waals surface area (Å²) in [4.78, 5) is 0. The lowest BCUT2D eigenvalue weighted by molar-refractivity contribution is 1.02. The van der Waals surface area contributed by atoms with E-state index in [0.29, 0.717) is 0 Å². The van der Waals surface area contributed by atoms with Gasteiger partial charge in [-0.15, -0.1) is 0 Å². The van der Waals surface area contributed by atoms with Crippen molar-refractivity contribution < 1.29 is 0 Å². The highest BCUT2D eigenvalue weighted by molar-refractivity contribution is 9.10. The standard InChI is InChI=1S/C18H14BrN/c19-13-10-11-18-16(12-13)15-8-4-5-9-17(15)20(18)14-6-2-1-3-7-14/h1-3,6-12H,4-5H2. The Morgan fingerprint density at radius 2 is 1.70 bits per heavy atom. The summed E-state index contributed by atoms with van der Waals surface area (Å²) < 4.78 is 3.50. The Morgan fingerprint density at radius 1 is 0.900 bits per heavy atom. The number of para-hydroxylation sites is 1. The highest BCUT2D eigenvalue weighted by atomic mass is 79.9. The minimum Gasteiger partial charge on any atom is -0.310 e.